The molecule has 8 nitrogen and oxygen atoms in total. The molecule has 0 amide bonds. The Labute approximate surface area is 174 Å². The second kappa shape index (κ2) is 7.45. The number of thiazole rings is 2. The number of rotatable bonds is 4. The summed E-state index contributed by atoms with van der Waals surface area (Å²) < 4.78 is 3.24. The van der Waals surface area contributed by atoms with Gasteiger partial charge in [-0.2, -0.15) is 0 Å². The normalized spacial score (nSPS) is 16.2. The van der Waals surface area contributed by atoms with Crippen molar-refractivity contribution in [2.75, 3.05) is 26.2 Å². The van der Waals surface area contributed by atoms with E-state index in [4.69, 9.17) is 0 Å². The van der Waals surface area contributed by atoms with E-state index in [1.54, 1.807) is 27.1 Å². The Morgan fingerprint density at radius 3 is 2.21 bits per heavy atom. The van der Waals surface area contributed by atoms with Crippen LogP contribution in [0.1, 0.15) is 17.1 Å². The Morgan fingerprint density at radius 1 is 0.897 bits per heavy atom. The Balaban J connectivity index is 1.23. The van der Waals surface area contributed by atoms with E-state index in [1.807, 2.05) is 17.7 Å². The second-order valence-electron chi connectivity index (χ2n) is 7.27. The molecule has 1 fully saturated rings. The molecule has 5 heterocycles. The van der Waals surface area contributed by atoms with Crippen LogP contribution in [0.15, 0.2) is 38.7 Å². The first-order chi connectivity index (χ1) is 14.1. The smallest absolute Gasteiger partial charge is 0.259 e. The molecule has 0 radical (unpaired) electrons. The Kier molecular flexibility index (Phi) is 4.78. The average molecular weight is 429 g/mol. The quantitative estimate of drug-likeness (QED) is 0.490. The van der Waals surface area contributed by atoms with E-state index in [0.717, 1.165) is 53.2 Å². The van der Waals surface area contributed by atoms with Gasteiger partial charge in [-0.1, -0.05) is 0 Å². The van der Waals surface area contributed by atoms with Gasteiger partial charge >= 0.3 is 0 Å². The van der Waals surface area contributed by atoms with Gasteiger partial charge in [-0.15, -0.1) is 22.7 Å². The van der Waals surface area contributed by atoms with E-state index in [1.165, 1.54) is 22.7 Å². The summed E-state index contributed by atoms with van der Waals surface area (Å²) in [7, 11) is 0. The molecule has 4 aromatic rings. The molecular weight excluding hydrogens is 408 g/mol. The van der Waals surface area contributed by atoms with Crippen molar-refractivity contribution >= 4 is 32.6 Å². The van der Waals surface area contributed by atoms with E-state index in [-0.39, 0.29) is 11.1 Å². The van der Waals surface area contributed by atoms with Gasteiger partial charge in [0.25, 0.3) is 11.1 Å². The van der Waals surface area contributed by atoms with Crippen LogP contribution in [0.2, 0.25) is 0 Å². The minimum atomic E-state index is -0.0264. The van der Waals surface area contributed by atoms with E-state index in [2.05, 4.69) is 19.8 Å². The minimum Gasteiger partial charge on any atom is -0.295 e. The zero-order valence-corrected chi connectivity index (χ0v) is 17.6. The van der Waals surface area contributed by atoms with Crippen molar-refractivity contribution in [1.29, 1.82) is 0 Å². The molecule has 29 heavy (non-hydrogen) atoms. The molecule has 0 saturated carbocycles. The molecule has 0 unspecified atom stereocenters. The molecule has 10 heteroatoms. The molecule has 150 valence electrons. The van der Waals surface area contributed by atoms with Gasteiger partial charge in [-0.3, -0.25) is 28.2 Å². The Morgan fingerprint density at radius 2 is 1.52 bits per heavy atom. The van der Waals surface area contributed by atoms with Crippen LogP contribution < -0.4 is 11.1 Å². The van der Waals surface area contributed by atoms with Crippen LogP contribution in [0.4, 0.5) is 0 Å². The molecule has 0 spiro atoms. The largest absolute Gasteiger partial charge is 0.295 e. The number of hydrogen-bond acceptors (Lipinski definition) is 8. The van der Waals surface area contributed by atoms with E-state index >= 15 is 0 Å². The van der Waals surface area contributed by atoms with Crippen molar-refractivity contribution in [3.05, 3.63) is 66.9 Å². The fourth-order valence-electron chi connectivity index (χ4n) is 3.71. The van der Waals surface area contributed by atoms with E-state index in [9.17, 15) is 9.59 Å². The third-order valence-electron chi connectivity index (χ3n) is 5.22. The van der Waals surface area contributed by atoms with Gasteiger partial charge in [0, 0.05) is 74.1 Å². The monoisotopic (exact) mass is 428 g/mol. The third kappa shape index (κ3) is 3.64. The molecule has 0 aliphatic carbocycles. The van der Waals surface area contributed by atoms with Crippen LogP contribution in [0, 0.1) is 6.92 Å². The van der Waals surface area contributed by atoms with Crippen LogP contribution in [0.25, 0.3) is 9.92 Å². The second-order valence-corrected chi connectivity index (χ2v) is 8.98. The first-order valence-electron chi connectivity index (χ1n) is 9.44. The van der Waals surface area contributed by atoms with Crippen LogP contribution in [0.5, 0.6) is 0 Å². The van der Waals surface area contributed by atoms with Gasteiger partial charge < -0.3 is 0 Å². The first-order valence-corrected chi connectivity index (χ1v) is 11.2. The van der Waals surface area contributed by atoms with Crippen molar-refractivity contribution < 1.29 is 0 Å². The topological polar surface area (TPSA) is 75.2 Å². The summed E-state index contributed by atoms with van der Waals surface area (Å²) in [6, 6.07) is 3.27. The molecule has 0 N–H and O–H groups in total. The molecule has 1 saturated heterocycles. The van der Waals surface area contributed by atoms with Crippen molar-refractivity contribution in [3.8, 4) is 0 Å². The summed E-state index contributed by atoms with van der Waals surface area (Å²) in [6.45, 7) is 6.85. The van der Waals surface area contributed by atoms with E-state index < -0.39 is 0 Å². The van der Waals surface area contributed by atoms with Crippen molar-refractivity contribution in [3.63, 3.8) is 0 Å². The maximum Gasteiger partial charge on any atom is 0.259 e. The maximum atomic E-state index is 12.3. The van der Waals surface area contributed by atoms with Gasteiger partial charge in [0.15, 0.2) is 9.92 Å². The summed E-state index contributed by atoms with van der Waals surface area (Å²) in [5.74, 6) is 0. The number of nitrogens with zero attached hydrogens (tertiary/aromatic N) is 6. The number of piperazine rings is 1. The standard InChI is InChI=1S/C19H20N6O2S2/c1-13-12-29-19-21-15(9-17(27)25(13)19)11-23-4-2-22(3-5-23)10-14-8-16(26)24-6-7-28-18(24)20-14/h6-9,12H,2-5,10-11H2,1H3. The predicted molar refractivity (Wildman–Crippen MR) is 114 cm³/mol. The Hall–Kier alpha value is -2.40. The van der Waals surface area contributed by atoms with Gasteiger partial charge in [-0.25, -0.2) is 9.97 Å². The molecule has 0 aromatic carbocycles. The van der Waals surface area contributed by atoms with Crippen molar-refractivity contribution in [1.82, 2.24) is 28.6 Å². The molecule has 4 aromatic heterocycles. The highest BCUT2D eigenvalue weighted by atomic mass is 32.1. The average Bonchev–Trinajstić information content (AvgIpc) is 3.31. The van der Waals surface area contributed by atoms with E-state index in [0.29, 0.717) is 13.1 Å². The molecule has 1 aliphatic heterocycles. The lowest BCUT2D eigenvalue weighted by Crippen LogP contribution is -2.45. The van der Waals surface area contributed by atoms with Crippen LogP contribution >= 0.6 is 22.7 Å². The van der Waals surface area contributed by atoms with Gasteiger partial charge in [0.1, 0.15) is 0 Å². The third-order valence-corrected chi connectivity index (χ3v) is 6.92. The molecule has 0 atom stereocenters. The highest BCUT2D eigenvalue weighted by Crippen LogP contribution is 2.14. The number of aromatic nitrogens is 4. The number of aryl methyl sites for hydroxylation is 1. The first kappa shape index (κ1) is 18.6. The van der Waals surface area contributed by atoms with Gasteiger partial charge in [-0.05, 0) is 6.92 Å². The molecular formula is C19H20N6O2S2. The van der Waals surface area contributed by atoms with Crippen molar-refractivity contribution in [2.45, 2.75) is 20.0 Å². The van der Waals surface area contributed by atoms with Crippen LogP contribution in [-0.2, 0) is 13.1 Å². The summed E-state index contributed by atoms with van der Waals surface area (Å²) in [4.78, 5) is 39.9. The lowest BCUT2D eigenvalue weighted by molar-refractivity contribution is 0.120. The summed E-state index contributed by atoms with van der Waals surface area (Å²) in [5, 5.41) is 3.83. The summed E-state index contributed by atoms with van der Waals surface area (Å²) >= 11 is 2.97. The fraction of sp³-hybridized carbons (Fsp3) is 0.368. The van der Waals surface area contributed by atoms with Gasteiger partial charge in [0.2, 0.25) is 0 Å². The minimum absolute atomic E-state index is 0.0104. The zero-order valence-electron chi connectivity index (χ0n) is 15.9. The fourth-order valence-corrected chi connectivity index (χ4v) is 5.34. The predicted octanol–water partition coefficient (Wildman–Crippen LogP) is 1.45. The lowest BCUT2D eigenvalue weighted by Gasteiger charge is -2.34. The summed E-state index contributed by atoms with van der Waals surface area (Å²) in [5.41, 5.74) is 2.53. The highest BCUT2D eigenvalue weighted by molar-refractivity contribution is 7.15. The lowest BCUT2D eigenvalue weighted by atomic mass is 10.2. The van der Waals surface area contributed by atoms with Gasteiger partial charge in [0.05, 0.1) is 11.4 Å². The molecule has 5 rings (SSSR count). The van der Waals surface area contributed by atoms with Crippen LogP contribution in [0.3, 0.4) is 0 Å². The number of fused-ring (bicyclic) bond motifs is 2. The molecule has 1 aliphatic rings. The Bertz CT molecular complexity index is 1300. The highest BCUT2D eigenvalue weighted by Gasteiger charge is 2.19. The van der Waals surface area contributed by atoms with Crippen LogP contribution in [-0.4, -0.2) is 54.7 Å². The van der Waals surface area contributed by atoms with Crippen molar-refractivity contribution in [2.24, 2.45) is 0 Å². The maximum absolute atomic E-state index is 12.3. The zero-order chi connectivity index (χ0) is 20.0. The molecule has 0 bridgehead atoms. The number of hydrogen-bond donors (Lipinski definition) is 0. The summed E-state index contributed by atoms with van der Waals surface area (Å²) in [6.07, 6.45) is 1.76. The SMILES string of the molecule is Cc1csc2nc(CN3CCN(Cc4cc(=O)n5ccsc5n4)CC3)cc(=O)n12.